The third-order valence-corrected chi connectivity index (χ3v) is 6.09. The van der Waals surface area contributed by atoms with E-state index >= 15 is 0 Å². The summed E-state index contributed by atoms with van der Waals surface area (Å²) in [6.45, 7) is -2.09. The normalized spacial score (nSPS) is 16.6. The minimum Gasteiger partial charge on any atom is -0.485 e. The van der Waals surface area contributed by atoms with Crippen LogP contribution in [0.2, 0.25) is 0 Å². The zero-order valence-corrected chi connectivity index (χ0v) is 15.5. The van der Waals surface area contributed by atoms with Crippen molar-refractivity contribution < 1.29 is 26.3 Å². The van der Waals surface area contributed by atoms with Crippen LogP contribution in [0, 0.1) is 5.82 Å². The fraction of sp³-hybridized carbons (Fsp3) is 0.200. The quantitative estimate of drug-likeness (QED) is 0.688. The number of nitrogens with zero attached hydrogens (tertiary/aromatic N) is 1. The molecule has 0 amide bonds. The Bertz CT molecular complexity index is 973. The highest BCUT2D eigenvalue weighted by Crippen LogP contribution is 2.31. The number of sulfone groups is 1. The van der Waals surface area contributed by atoms with Crippen molar-refractivity contribution in [1.82, 2.24) is 0 Å². The Morgan fingerprint density at radius 1 is 1.04 bits per heavy atom. The number of hydrogen-bond acceptors (Lipinski definition) is 4. The fourth-order valence-electron chi connectivity index (χ4n) is 2.77. The van der Waals surface area contributed by atoms with Gasteiger partial charge in [0.25, 0.3) is 0 Å². The maximum Gasteiger partial charge on any atom is 0.203 e. The van der Waals surface area contributed by atoms with E-state index < -0.39 is 40.5 Å². The molecule has 0 bridgehead atoms. The highest BCUT2D eigenvalue weighted by atomic mass is 32.2. The number of benzene rings is 2. The van der Waals surface area contributed by atoms with Gasteiger partial charge in [-0.2, -0.15) is 0 Å². The van der Waals surface area contributed by atoms with Crippen LogP contribution in [0.5, 0.6) is 5.75 Å². The monoisotopic (exact) mass is 409 g/mol. The van der Waals surface area contributed by atoms with Gasteiger partial charge in [-0.15, -0.1) is 0 Å². The Hall–Kier alpha value is -2.74. The molecule has 1 unspecified atom stereocenters. The first-order chi connectivity index (χ1) is 13.5. The molecule has 1 atom stereocenters. The molecule has 148 valence electrons. The van der Waals surface area contributed by atoms with Gasteiger partial charge in [-0.05, 0) is 36.4 Å². The SMILES string of the molecule is O=S(=O)(c1ccccc1)C1C=CC=CN1c1ccc(OC(CF)CF)cc1F. The zero-order chi connectivity index (χ0) is 20.1. The maximum absolute atomic E-state index is 14.7. The molecule has 8 heteroatoms. The molecular formula is C20H18F3NO3S. The van der Waals surface area contributed by atoms with E-state index in [4.69, 9.17) is 4.74 Å². The fourth-order valence-corrected chi connectivity index (χ4v) is 4.36. The first kappa shape index (κ1) is 20.0. The average Bonchev–Trinajstić information content (AvgIpc) is 2.73. The standard InChI is InChI=1S/C20H18F3NO3S/c21-13-16(14-22)27-15-9-10-19(18(23)12-15)24-11-5-4-8-20(24)28(25,26)17-6-2-1-3-7-17/h1-12,16,20H,13-14H2. The van der Waals surface area contributed by atoms with Gasteiger partial charge in [0.15, 0.2) is 17.3 Å². The summed E-state index contributed by atoms with van der Waals surface area (Å²) in [4.78, 5) is 1.39. The van der Waals surface area contributed by atoms with Crippen molar-refractivity contribution in [3.8, 4) is 5.75 Å². The molecule has 0 N–H and O–H groups in total. The number of anilines is 1. The number of hydrogen-bond donors (Lipinski definition) is 0. The van der Waals surface area contributed by atoms with Crippen LogP contribution in [0.25, 0.3) is 0 Å². The lowest BCUT2D eigenvalue weighted by Gasteiger charge is -2.30. The summed E-state index contributed by atoms with van der Waals surface area (Å²) >= 11 is 0. The van der Waals surface area contributed by atoms with E-state index in [0.717, 1.165) is 6.07 Å². The van der Waals surface area contributed by atoms with Crippen molar-refractivity contribution in [2.75, 3.05) is 18.2 Å². The van der Waals surface area contributed by atoms with Gasteiger partial charge < -0.3 is 9.64 Å². The van der Waals surface area contributed by atoms with Gasteiger partial charge in [-0.1, -0.05) is 24.3 Å². The minimum absolute atomic E-state index is 0.00509. The number of ether oxygens (including phenoxy) is 1. The molecule has 0 saturated carbocycles. The minimum atomic E-state index is -3.82. The first-order valence-corrected chi connectivity index (χ1v) is 10.0. The lowest BCUT2D eigenvalue weighted by atomic mass is 10.2. The van der Waals surface area contributed by atoms with E-state index in [1.54, 1.807) is 30.4 Å². The highest BCUT2D eigenvalue weighted by molar-refractivity contribution is 7.92. The third kappa shape index (κ3) is 4.06. The van der Waals surface area contributed by atoms with Crippen molar-refractivity contribution in [1.29, 1.82) is 0 Å². The molecule has 0 saturated heterocycles. The molecule has 0 aliphatic carbocycles. The molecule has 1 aliphatic heterocycles. The van der Waals surface area contributed by atoms with Gasteiger partial charge in [0.05, 0.1) is 10.6 Å². The first-order valence-electron chi connectivity index (χ1n) is 8.48. The molecule has 0 fully saturated rings. The van der Waals surface area contributed by atoms with Gasteiger partial charge in [0, 0.05) is 12.3 Å². The topological polar surface area (TPSA) is 46.6 Å². The zero-order valence-electron chi connectivity index (χ0n) is 14.7. The van der Waals surface area contributed by atoms with Crippen LogP contribution >= 0.6 is 0 Å². The molecule has 0 radical (unpaired) electrons. The van der Waals surface area contributed by atoms with Crippen LogP contribution in [-0.4, -0.2) is 33.2 Å². The predicted octanol–water partition coefficient (Wildman–Crippen LogP) is 4.20. The van der Waals surface area contributed by atoms with Gasteiger partial charge in [-0.25, -0.2) is 21.6 Å². The molecule has 0 aromatic heterocycles. The van der Waals surface area contributed by atoms with Crippen molar-refractivity contribution in [3.63, 3.8) is 0 Å². The summed E-state index contributed by atoms with van der Waals surface area (Å²) < 4.78 is 71.0. The number of rotatable bonds is 7. The molecule has 2 aromatic rings. The Balaban J connectivity index is 1.93. The van der Waals surface area contributed by atoms with Crippen LogP contribution in [-0.2, 0) is 9.84 Å². The summed E-state index contributed by atoms with van der Waals surface area (Å²) in [6, 6.07) is 11.5. The summed E-state index contributed by atoms with van der Waals surface area (Å²) in [7, 11) is -3.82. The van der Waals surface area contributed by atoms with Crippen LogP contribution < -0.4 is 9.64 Å². The van der Waals surface area contributed by atoms with E-state index in [1.165, 1.54) is 41.4 Å². The third-order valence-electron chi connectivity index (χ3n) is 4.14. The van der Waals surface area contributed by atoms with Crippen molar-refractivity contribution >= 4 is 15.5 Å². The lowest BCUT2D eigenvalue weighted by Crippen LogP contribution is -2.38. The number of allylic oxidation sites excluding steroid dienone is 2. The van der Waals surface area contributed by atoms with Crippen molar-refractivity contribution in [3.05, 3.63) is 78.8 Å². The number of alkyl halides is 2. The second kappa shape index (κ2) is 8.52. The molecule has 28 heavy (non-hydrogen) atoms. The van der Waals surface area contributed by atoms with Crippen molar-refractivity contribution in [2.45, 2.75) is 16.4 Å². The van der Waals surface area contributed by atoms with E-state index in [1.807, 2.05) is 0 Å². The largest absolute Gasteiger partial charge is 0.485 e. The smallest absolute Gasteiger partial charge is 0.203 e. The summed E-state index contributed by atoms with van der Waals surface area (Å²) in [5.41, 5.74) is -0.00509. The Morgan fingerprint density at radius 2 is 1.75 bits per heavy atom. The van der Waals surface area contributed by atoms with Crippen molar-refractivity contribution in [2.24, 2.45) is 0 Å². The van der Waals surface area contributed by atoms with E-state index in [9.17, 15) is 21.6 Å². The summed E-state index contributed by atoms with van der Waals surface area (Å²) in [5, 5.41) is -1.15. The van der Waals surface area contributed by atoms with Gasteiger partial charge >= 0.3 is 0 Å². The van der Waals surface area contributed by atoms with Crippen LogP contribution in [0.15, 0.2) is 77.9 Å². The Kier molecular flexibility index (Phi) is 6.08. The Labute approximate surface area is 161 Å². The molecule has 2 aromatic carbocycles. The second-order valence-electron chi connectivity index (χ2n) is 6.04. The molecule has 0 spiro atoms. The van der Waals surface area contributed by atoms with Gasteiger partial charge in [-0.3, -0.25) is 0 Å². The molecule has 1 heterocycles. The summed E-state index contributed by atoms with van der Waals surface area (Å²) in [5.74, 6) is -0.817. The number of halogens is 3. The van der Waals surface area contributed by atoms with E-state index in [2.05, 4.69) is 0 Å². The summed E-state index contributed by atoms with van der Waals surface area (Å²) in [6.07, 6.45) is 4.76. The molecular weight excluding hydrogens is 391 g/mol. The van der Waals surface area contributed by atoms with Crippen LogP contribution in [0.1, 0.15) is 0 Å². The molecule has 4 nitrogen and oxygen atoms in total. The average molecular weight is 409 g/mol. The highest BCUT2D eigenvalue weighted by Gasteiger charge is 2.32. The van der Waals surface area contributed by atoms with Crippen LogP contribution in [0.4, 0.5) is 18.9 Å². The van der Waals surface area contributed by atoms with Crippen LogP contribution in [0.3, 0.4) is 0 Å². The second-order valence-corrected chi connectivity index (χ2v) is 8.09. The molecule has 3 rings (SSSR count). The van der Waals surface area contributed by atoms with E-state index in [0.29, 0.717) is 0 Å². The van der Waals surface area contributed by atoms with E-state index in [-0.39, 0.29) is 16.3 Å². The Morgan fingerprint density at radius 3 is 2.39 bits per heavy atom. The van der Waals surface area contributed by atoms with Gasteiger partial charge in [0.2, 0.25) is 9.84 Å². The molecule has 1 aliphatic rings. The maximum atomic E-state index is 14.7. The van der Waals surface area contributed by atoms with Gasteiger partial charge in [0.1, 0.15) is 19.1 Å². The predicted molar refractivity (Wildman–Crippen MR) is 101 cm³/mol. The lowest BCUT2D eigenvalue weighted by molar-refractivity contribution is 0.133.